The molecule has 1 saturated heterocycles. The van der Waals surface area contributed by atoms with Crippen molar-refractivity contribution in [3.8, 4) is 0 Å². The first-order valence-electron chi connectivity index (χ1n) is 9.83. The van der Waals surface area contributed by atoms with E-state index in [1.54, 1.807) is 6.08 Å². The Bertz CT molecular complexity index is 991. The number of carbonyl (C=O) groups excluding carboxylic acids is 1. The third-order valence-electron chi connectivity index (χ3n) is 5.29. The Labute approximate surface area is 179 Å². The second-order valence-electron chi connectivity index (χ2n) is 7.19. The predicted octanol–water partition coefficient (Wildman–Crippen LogP) is 4.51. The first kappa shape index (κ1) is 19.6. The summed E-state index contributed by atoms with van der Waals surface area (Å²) in [6.45, 7) is 2.23. The molecule has 0 bridgehead atoms. The molecule has 2 aromatic heterocycles. The molecule has 4 rings (SSSR count). The van der Waals surface area contributed by atoms with E-state index in [0.717, 1.165) is 54.0 Å². The molecule has 1 amide bonds. The fourth-order valence-electron chi connectivity index (χ4n) is 3.72. The van der Waals surface area contributed by atoms with Gasteiger partial charge in [0.15, 0.2) is 0 Å². The summed E-state index contributed by atoms with van der Waals surface area (Å²) < 4.78 is 3.17. The highest BCUT2D eigenvalue weighted by Gasteiger charge is 2.25. The van der Waals surface area contributed by atoms with Crippen molar-refractivity contribution in [3.63, 3.8) is 0 Å². The molecule has 0 unspecified atom stereocenters. The van der Waals surface area contributed by atoms with E-state index in [1.807, 2.05) is 72.0 Å². The number of benzene rings is 1. The average Bonchev–Trinajstić information content (AvgIpc) is 3.22. The lowest BCUT2D eigenvalue weighted by molar-refractivity contribution is -0.127. The van der Waals surface area contributed by atoms with Crippen LogP contribution in [0.5, 0.6) is 0 Å². The molecule has 6 heteroatoms. The highest BCUT2D eigenvalue weighted by atomic mass is 79.9. The van der Waals surface area contributed by atoms with E-state index in [-0.39, 0.29) is 5.91 Å². The van der Waals surface area contributed by atoms with Crippen LogP contribution in [0.25, 0.3) is 6.08 Å². The molecule has 0 aliphatic carbocycles. The molecule has 0 N–H and O–H groups in total. The third-order valence-corrected chi connectivity index (χ3v) is 6.01. The van der Waals surface area contributed by atoms with Crippen molar-refractivity contribution in [2.24, 2.45) is 0 Å². The Morgan fingerprint density at radius 1 is 1.07 bits per heavy atom. The van der Waals surface area contributed by atoms with Crippen molar-refractivity contribution >= 4 is 27.9 Å². The predicted molar refractivity (Wildman–Crippen MR) is 117 cm³/mol. The average molecular weight is 451 g/mol. The number of aromatic nitrogens is 3. The Kier molecular flexibility index (Phi) is 6.20. The van der Waals surface area contributed by atoms with Gasteiger partial charge in [0.25, 0.3) is 0 Å². The topological polar surface area (TPSA) is 51.0 Å². The Hall–Kier alpha value is -2.73. The van der Waals surface area contributed by atoms with Crippen molar-refractivity contribution in [1.82, 2.24) is 19.4 Å². The number of likely N-dealkylation sites (tertiary alicyclic amines) is 1. The summed E-state index contributed by atoms with van der Waals surface area (Å²) in [6.07, 6.45) is 11.1. The van der Waals surface area contributed by atoms with Crippen LogP contribution in [0.15, 0.2) is 71.6 Å². The van der Waals surface area contributed by atoms with Crippen molar-refractivity contribution in [2.75, 3.05) is 13.1 Å². The Morgan fingerprint density at radius 3 is 2.62 bits per heavy atom. The number of pyridine rings is 1. The Balaban J connectivity index is 1.36. The highest BCUT2D eigenvalue weighted by molar-refractivity contribution is 9.10. The van der Waals surface area contributed by atoms with Gasteiger partial charge in [0.05, 0.1) is 12.2 Å². The van der Waals surface area contributed by atoms with Crippen molar-refractivity contribution in [2.45, 2.75) is 25.3 Å². The second kappa shape index (κ2) is 9.18. The van der Waals surface area contributed by atoms with Gasteiger partial charge in [-0.3, -0.25) is 9.78 Å². The Morgan fingerprint density at radius 2 is 1.86 bits per heavy atom. The van der Waals surface area contributed by atoms with Gasteiger partial charge in [0.1, 0.15) is 5.82 Å². The van der Waals surface area contributed by atoms with Gasteiger partial charge in [-0.25, -0.2) is 4.98 Å². The molecule has 0 spiro atoms. The van der Waals surface area contributed by atoms with Crippen LogP contribution in [0.2, 0.25) is 0 Å². The molecule has 1 aliphatic rings. The monoisotopic (exact) mass is 450 g/mol. The van der Waals surface area contributed by atoms with E-state index in [0.29, 0.717) is 5.92 Å². The number of amides is 1. The number of nitrogens with zero attached hydrogens (tertiary/aromatic N) is 4. The molecule has 3 aromatic rings. The van der Waals surface area contributed by atoms with E-state index >= 15 is 0 Å². The minimum absolute atomic E-state index is 0.0658. The maximum absolute atomic E-state index is 12.6. The number of rotatable bonds is 5. The first-order valence-corrected chi connectivity index (χ1v) is 10.6. The number of halogens is 1. The summed E-state index contributed by atoms with van der Waals surface area (Å²) in [5.74, 6) is 1.52. The van der Waals surface area contributed by atoms with Gasteiger partial charge in [-0.15, -0.1) is 0 Å². The third kappa shape index (κ3) is 4.82. The number of carbonyl (C=O) groups is 1. The highest BCUT2D eigenvalue weighted by Crippen LogP contribution is 2.27. The molecular weight excluding hydrogens is 428 g/mol. The zero-order valence-corrected chi connectivity index (χ0v) is 17.7. The molecule has 5 nitrogen and oxygen atoms in total. The smallest absolute Gasteiger partial charge is 0.246 e. The molecular formula is C23H23BrN4O. The molecule has 1 aliphatic heterocycles. The number of hydrogen-bond donors (Lipinski definition) is 0. The molecule has 3 heterocycles. The van der Waals surface area contributed by atoms with Gasteiger partial charge in [0, 0.05) is 48.1 Å². The van der Waals surface area contributed by atoms with E-state index in [4.69, 9.17) is 0 Å². The zero-order chi connectivity index (χ0) is 20.1. The van der Waals surface area contributed by atoms with E-state index in [2.05, 4.69) is 30.5 Å². The second-order valence-corrected chi connectivity index (χ2v) is 8.04. The molecule has 1 aromatic carbocycles. The van der Waals surface area contributed by atoms with Crippen LogP contribution >= 0.6 is 15.9 Å². The molecule has 1 fully saturated rings. The lowest BCUT2D eigenvalue weighted by Gasteiger charge is -2.31. The SMILES string of the molecule is O=C(C=Cc1ccccc1Br)N1CCC(c2nccn2Cc2ccccn2)CC1. The van der Waals surface area contributed by atoms with E-state index in [1.165, 1.54) is 0 Å². The van der Waals surface area contributed by atoms with Crippen LogP contribution in [0.4, 0.5) is 0 Å². The van der Waals surface area contributed by atoms with Gasteiger partial charge in [-0.2, -0.15) is 0 Å². The van der Waals surface area contributed by atoms with Gasteiger partial charge in [0.2, 0.25) is 5.91 Å². The van der Waals surface area contributed by atoms with E-state index < -0.39 is 0 Å². The molecule has 0 saturated carbocycles. The lowest BCUT2D eigenvalue weighted by atomic mass is 9.95. The van der Waals surface area contributed by atoms with Gasteiger partial charge in [-0.1, -0.05) is 40.2 Å². The maximum atomic E-state index is 12.6. The summed E-state index contributed by atoms with van der Waals surface area (Å²) in [7, 11) is 0. The van der Waals surface area contributed by atoms with Crippen molar-refractivity contribution in [3.05, 3.63) is 88.7 Å². The summed E-state index contributed by atoms with van der Waals surface area (Å²) in [5, 5.41) is 0. The van der Waals surface area contributed by atoms with Crippen LogP contribution < -0.4 is 0 Å². The zero-order valence-electron chi connectivity index (χ0n) is 16.1. The van der Waals surface area contributed by atoms with Crippen LogP contribution in [0.3, 0.4) is 0 Å². The number of piperidine rings is 1. The maximum Gasteiger partial charge on any atom is 0.246 e. The standard InChI is InChI=1S/C23H23BrN4O/c24-21-7-2-1-5-18(21)8-9-22(29)27-14-10-19(11-15-27)23-26-13-16-28(23)17-20-6-3-4-12-25-20/h1-9,12-13,16,19H,10-11,14-15,17H2. The summed E-state index contributed by atoms with van der Waals surface area (Å²) >= 11 is 3.51. The molecule has 148 valence electrons. The molecule has 29 heavy (non-hydrogen) atoms. The summed E-state index contributed by atoms with van der Waals surface area (Å²) in [5.41, 5.74) is 2.03. The molecule has 0 radical (unpaired) electrons. The summed E-state index contributed by atoms with van der Waals surface area (Å²) in [6, 6.07) is 13.9. The van der Waals surface area contributed by atoms with Gasteiger partial charge in [-0.05, 0) is 42.7 Å². The van der Waals surface area contributed by atoms with Crippen molar-refractivity contribution < 1.29 is 4.79 Å². The fourth-order valence-corrected chi connectivity index (χ4v) is 4.13. The molecule has 0 atom stereocenters. The largest absolute Gasteiger partial charge is 0.339 e. The van der Waals surface area contributed by atoms with Crippen LogP contribution in [0, 0.1) is 0 Å². The quantitative estimate of drug-likeness (QED) is 0.537. The summed E-state index contributed by atoms with van der Waals surface area (Å²) in [4.78, 5) is 23.5. The number of imidazole rings is 1. The van der Waals surface area contributed by atoms with Gasteiger partial charge < -0.3 is 9.47 Å². The van der Waals surface area contributed by atoms with E-state index in [9.17, 15) is 4.79 Å². The van der Waals surface area contributed by atoms with Gasteiger partial charge >= 0.3 is 0 Å². The minimum Gasteiger partial charge on any atom is -0.339 e. The van der Waals surface area contributed by atoms with Crippen LogP contribution in [-0.2, 0) is 11.3 Å². The van der Waals surface area contributed by atoms with Crippen LogP contribution in [0.1, 0.15) is 35.8 Å². The van der Waals surface area contributed by atoms with Crippen LogP contribution in [-0.4, -0.2) is 38.4 Å². The minimum atomic E-state index is 0.0658. The van der Waals surface area contributed by atoms with Crippen molar-refractivity contribution in [1.29, 1.82) is 0 Å². The lowest BCUT2D eigenvalue weighted by Crippen LogP contribution is -2.37. The first-order chi connectivity index (χ1) is 14.2. The number of hydrogen-bond acceptors (Lipinski definition) is 3. The normalized spacial score (nSPS) is 15.1. The fraction of sp³-hybridized carbons (Fsp3) is 0.261.